The molecule has 13 nitrogen and oxygen atoms in total. The Morgan fingerprint density at radius 2 is 1.70 bits per heavy atom. The van der Waals surface area contributed by atoms with Gasteiger partial charge in [-0.25, -0.2) is 0 Å². The number of anilines is 1. The molecule has 1 aromatic rings. The first kappa shape index (κ1) is 34.9. The van der Waals surface area contributed by atoms with E-state index in [1.54, 1.807) is 17.0 Å². The molecule has 252 valence electrons. The zero-order chi connectivity index (χ0) is 33.6. The molecule has 3 amide bonds. The van der Waals surface area contributed by atoms with Crippen molar-refractivity contribution in [1.29, 1.82) is 0 Å². The van der Waals surface area contributed by atoms with Crippen molar-refractivity contribution in [2.75, 3.05) is 24.5 Å². The van der Waals surface area contributed by atoms with Crippen LogP contribution in [0.1, 0.15) is 77.2 Å². The first-order valence-corrected chi connectivity index (χ1v) is 16.2. The number of carbonyl (C=O) groups excluding carboxylic acids is 4. The number of piperidine rings is 1. The second-order valence-electron chi connectivity index (χ2n) is 13.2. The van der Waals surface area contributed by atoms with Crippen LogP contribution < -0.4 is 16.0 Å². The molecule has 1 saturated carbocycles. The van der Waals surface area contributed by atoms with Crippen LogP contribution in [0.2, 0.25) is 0 Å². The Morgan fingerprint density at radius 3 is 2.30 bits per heavy atom. The van der Waals surface area contributed by atoms with Gasteiger partial charge in [-0.3, -0.25) is 33.7 Å². The van der Waals surface area contributed by atoms with E-state index in [1.165, 1.54) is 4.90 Å². The molecule has 0 radical (unpaired) electrons. The average Bonchev–Trinajstić information content (AvgIpc) is 3.46. The molecule has 3 atom stereocenters. The number of aliphatic carboxylic acids is 2. The van der Waals surface area contributed by atoms with Gasteiger partial charge in [-0.05, 0) is 49.7 Å². The number of amides is 3. The van der Waals surface area contributed by atoms with Crippen molar-refractivity contribution >= 4 is 41.3 Å². The molecule has 1 aromatic carbocycles. The van der Waals surface area contributed by atoms with Gasteiger partial charge in [-0.15, -0.1) is 0 Å². The van der Waals surface area contributed by atoms with Crippen LogP contribution in [0.4, 0.5) is 5.69 Å². The molecule has 4 rings (SSSR count). The Hall–Kier alpha value is -4.00. The number of para-hydroxylation sites is 1. The summed E-state index contributed by atoms with van der Waals surface area (Å²) in [6, 6.07) is 5.34. The number of ether oxygens (including phenoxy) is 1. The number of benzene rings is 1. The lowest BCUT2D eigenvalue weighted by molar-refractivity contribution is -0.156. The van der Waals surface area contributed by atoms with Crippen LogP contribution in [-0.4, -0.2) is 88.6 Å². The summed E-state index contributed by atoms with van der Waals surface area (Å²) in [7, 11) is 0. The van der Waals surface area contributed by atoms with Crippen LogP contribution in [0.5, 0.6) is 0 Å². The van der Waals surface area contributed by atoms with E-state index in [2.05, 4.69) is 5.32 Å². The van der Waals surface area contributed by atoms with E-state index in [-0.39, 0.29) is 37.2 Å². The summed E-state index contributed by atoms with van der Waals surface area (Å²) in [6.07, 6.45) is 3.11. The fourth-order valence-electron chi connectivity index (χ4n) is 6.83. The van der Waals surface area contributed by atoms with Crippen LogP contribution in [0.15, 0.2) is 24.3 Å². The van der Waals surface area contributed by atoms with Crippen molar-refractivity contribution in [2.24, 2.45) is 23.0 Å². The van der Waals surface area contributed by atoms with E-state index < -0.39 is 59.7 Å². The van der Waals surface area contributed by atoms with Crippen LogP contribution >= 0.6 is 0 Å². The summed E-state index contributed by atoms with van der Waals surface area (Å²) in [5.74, 6) is -5.33. The van der Waals surface area contributed by atoms with Crippen LogP contribution in [0.3, 0.4) is 0 Å². The minimum absolute atomic E-state index is 0.0545. The number of carboxylic acid groups (broad SMARTS) is 2. The molecule has 3 aliphatic rings. The Morgan fingerprint density at radius 1 is 1.04 bits per heavy atom. The lowest BCUT2D eigenvalue weighted by atomic mass is 9.75. The van der Waals surface area contributed by atoms with Gasteiger partial charge in [0.25, 0.3) is 0 Å². The number of nitrogens with two attached hydrogens (primary N) is 1. The quantitative estimate of drug-likeness (QED) is 0.245. The Balaban J connectivity index is 1.40. The molecular formula is C33H46N4O9. The zero-order valence-electron chi connectivity index (χ0n) is 26.6. The molecular weight excluding hydrogens is 596 g/mol. The van der Waals surface area contributed by atoms with Crippen LogP contribution in [-0.2, 0) is 39.9 Å². The molecule has 5 N–H and O–H groups in total. The van der Waals surface area contributed by atoms with Crippen LogP contribution in [0.25, 0.3) is 0 Å². The molecule has 0 spiro atoms. The first-order valence-electron chi connectivity index (χ1n) is 16.2. The number of aryl methyl sites for hydroxylation is 1. The van der Waals surface area contributed by atoms with Gasteiger partial charge in [0, 0.05) is 38.0 Å². The summed E-state index contributed by atoms with van der Waals surface area (Å²) in [6.45, 7) is 3.73. The van der Waals surface area contributed by atoms with Gasteiger partial charge in [0.05, 0.1) is 11.3 Å². The summed E-state index contributed by atoms with van der Waals surface area (Å²) in [4.78, 5) is 79.8. The Labute approximate surface area is 268 Å². The third-order valence-corrected chi connectivity index (χ3v) is 9.67. The Kier molecular flexibility index (Phi) is 11.4. The van der Waals surface area contributed by atoms with Crippen molar-refractivity contribution in [1.82, 2.24) is 10.2 Å². The normalized spacial score (nSPS) is 21.2. The van der Waals surface area contributed by atoms with Gasteiger partial charge < -0.3 is 30.9 Å². The number of likely N-dealkylation sites (tertiary alicyclic amines) is 1. The van der Waals surface area contributed by atoms with E-state index >= 15 is 0 Å². The number of nitrogens with zero attached hydrogens (tertiary/aromatic N) is 2. The van der Waals surface area contributed by atoms with Gasteiger partial charge in [0.1, 0.15) is 24.7 Å². The smallest absolute Gasteiger partial charge is 0.323 e. The minimum atomic E-state index is -1.18. The molecule has 1 aliphatic carbocycles. The van der Waals surface area contributed by atoms with Crippen molar-refractivity contribution in [2.45, 2.75) is 96.2 Å². The maximum atomic E-state index is 13.9. The van der Waals surface area contributed by atoms with E-state index in [0.717, 1.165) is 5.56 Å². The molecule has 1 unspecified atom stereocenters. The minimum Gasteiger partial charge on any atom is -0.481 e. The SMILES string of the molecule is CC(C)[C@H](N)C(=O)OC1CCN(C(=O)CC(CC2(C(=O)N[C@H]3CCc4ccccc4N(CC(=O)O)C3=O)CCCC2)C(=O)O)CC1. The fraction of sp³-hybridized carbons (Fsp3) is 0.636. The number of rotatable bonds is 12. The fourth-order valence-corrected chi connectivity index (χ4v) is 6.83. The average molecular weight is 643 g/mol. The summed E-state index contributed by atoms with van der Waals surface area (Å²) < 4.78 is 5.52. The second kappa shape index (κ2) is 15.1. The molecule has 0 aromatic heterocycles. The number of esters is 1. The molecule has 46 heavy (non-hydrogen) atoms. The first-order chi connectivity index (χ1) is 21.8. The summed E-state index contributed by atoms with van der Waals surface area (Å²) >= 11 is 0. The zero-order valence-corrected chi connectivity index (χ0v) is 26.6. The lowest BCUT2D eigenvalue weighted by Gasteiger charge is -2.35. The van der Waals surface area contributed by atoms with Crippen LogP contribution in [0, 0.1) is 17.3 Å². The van der Waals surface area contributed by atoms with Crippen molar-refractivity contribution < 1.29 is 43.7 Å². The van der Waals surface area contributed by atoms with E-state index in [4.69, 9.17) is 10.5 Å². The molecule has 0 bridgehead atoms. The largest absolute Gasteiger partial charge is 0.481 e. The van der Waals surface area contributed by atoms with E-state index in [9.17, 15) is 39.0 Å². The van der Waals surface area contributed by atoms with Gasteiger partial charge in [0.2, 0.25) is 17.7 Å². The summed E-state index contributed by atoms with van der Waals surface area (Å²) in [5, 5.41) is 22.5. The van der Waals surface area contributed by atoms with Gasteiger partial charge in [-0.2, -0.15) is 0 Å². The van der Waals surface area contributed by atoms with E-state index in [1.807, 2.05) is 26.0 Å². The molecule has 1 saturated heterocycles. The predicted molar refractivity (Wildman–Crippen MR) is 166 cm³/mol. The number of hydrogen-bond acceptors (Lipinski definition) is 8. The number of carboxylic acids is 2. The third-order valence-electron chi connectivity index (χ3n) is 9.67. The van der Waals surface area contributed by atoms with Crippen molar-refractivity contribution in [3.8, 4) is 0 Å². The molecule has 2 heterocycles. The van der Waals surface area contributed by atoms with Crippen molar-refractivity contribution in [3.05, 3.63) is 29.8 Å². The predicted octanol–water partition coefficient (Wildman–Crippen LogP) is 2.09. The molecule has 13 heteroatoms. The Bertz CT molecular complexity index is 1320. The highest BCUT2D eigenvalue weighted by Gasteiger charge is 2.46. The lowest BCUT2D eigenvalue weighted by Crippen LogP contribution is -2.53. The second-order valence-corrected chi connectivity index (χ2v) is 13.2. The third kappa shape index (κ3) is 8.23. The van der Waals surface area contributed by atoms with Gasteiger partial charge in [-0.1, -0.05) is 44.9 Å². The standard InChI is InChI=1S/C33H46N4O9/c1-20(2)28(34)31(44)46-23-11-15-36(16-12-23)26(38)17-22(30(42)43)18-33(13-5-6-14-33)32(45)35-24-10-9-21-7-3-4-8-25(21)37(29(24)41)19-27(39)40/h3-4,7-8,20,22-24,28H,5-6,9-19,34H2,1-2H3,(H,35,45)(H,39,40)(H,42,43)/t22?,24-,28-/m0/s1. The number of carbonyl (C=O) groups is 6. The summed E-state index contributed by atoms with van der Waals surface area (Å²) in [5.41, 5.74) is 6.10. The highest BCUT2D eigenvalue weighted by Crippen LogP contribution is 2.44. The molecule has 2 fully saturated rings. The topological polar surface area (TPSA) is 197 Å². The number of hydrogen-bond donors (Lipinski definition) is 4. The van der Waals surface area contributed by atoms with Gasteiger partial charge >= 0.3 is 17.9 Å². The number of fused-ring (bicyclic) bond motifs is 1. The van der Waals surface area contributed by atoms with Crippen molar-refractivity contribution in [3.63, 3.8) is 0 Å². The maximum Gasteiger partial charge on any atom is 0.323 e. The highest BCUT2D eigenvalue weighted by molar-refractivity contribution is 6.03. The van der Waals surface area contributed by atoms with E-state index in [0.29, 0.717) is 63.7 Å². The maximum absolute atomic E-state index is 13.9. The number of nitrogens with one attached hydrogen (secondary N) is 1. The molecule has 2 aliphatic heterocycles. The monoisotopic (exact) mass is 642 g/mol. The van der Waals surface area contributed by atoms with Gasteiger partial charge in [0.15, 0.2) is 0 Å². The highest BCUT2D eigenvalue weighted by atomic mass is 16.5.